The Kier molecular flexibility index (Phi) is 9.12. The van der Waals surface area contributed by atoms with Gasteiger partial charge in [0.05, 0.1) is 13.3 Å². The number of nitrogens with zero attached hydrogens (tertiary/aromatic N) is 2. The second-order valence-electron chi connectivity index (χ2n) is 7.24. The van der Waals surface area contributed by atoms with E-state index in [1.54, 1.807) is 37.6 Å². The highest BCUT2D eigenvalue weighted by atomic mass is 127. The lowest BCUT2D eigenvalue weighted by Gasteiger charge is -2.22. The third-order valence-corrected chi connectivity index (χ3v) is 5.87. The quantitative estimate of drug-likeness (QED) is 0.204. The third kappa shape index (κ3) is 6.95. The molecular formula is C26H28IN3O3. The molecular weight excluding hydrogens is 529 g/mol. The zero-order valence-electron chi connectivity index (χ0n) is 19.0. The molecule has 3 rings (SSSR count). The fraction of sp³-hybridized carbons (Fsp3) is 0.231. The first-order valence-corrected chi connectivity index (χ1v) is 11.9. The van der Waals surface area contributed by atoms with Crippen molar-refractivity contribution >= 4 is 40.4 Å². The van der Waals surface area contributed by atoms with E-state index in [9.17, 15) is 4.79 Å². The van der Waals surface area contributed by atoms with Crippen LogP contribution in [0.4, 0.5) is 5.69 Å². The Balaban J connectivity index is 1.76. The molecule has 0 saturated carbocycles. The van der Waals surface area contributed by atoms with Crippen molar-refractivity contribution in [3.63, 3.8) is 0 Å². The van der Waals surface area contributed by atoms with Crippen molar-refractivity contribution in [1.82, 2.24) is 5.43 Å². The molecule has 1 N–H and O–H groups in total. The van der Waals surface area contributed by atoms with E-state index in [1.165, 1.54) is 3.57 Å². The Bertz CT molecular complexity index is 1080. The fourth-order valence-corrected chi connectivity index (χ4v) is 3.61. The SMILES string of the molecule is CCN(CC)c1ccc(/C=N\NC(=O)c2ccc(OC)cc2)c(OCc2ccc(I)cc2)c1. The van der Waals surface area contributed by atoms with Crippen LogP contribution in [0.5, 0.6) is 11.5 Å². The molecule has 0 bridgehead atoms. The Morgan fingerprint density at radius 2 is 1.73 bits per heavy atom. The van der Waals surface area contributed by atoms with Gasteiger partial charge in [-0.15, -0.1) is 0 Å². The number of nitrogens with one attached hydrogen (secondary N) is 1. The summed E-state index contributed by atoms with van der Waals surface area (Å²) in [4.78, 5) is 14.6. The maximum atomic E-state index is 12.4. The van der Waals surface area contributed by atoms with Crippen molar-refractivity contribution < 1.29 is 14.3 Å². The molecule has 0 saturated heterocycles. The number of anilines is 1. The number of amides is 1. The van der Waals surface area contributed by atoms with Gasteiger partial charge in [0, 0.05) is 39.5 Å². The minimum Gasteiger partial charge on any atom is -0.497 e. The number of hydrogen-bond donors (Lipinski definition) is 1. The molecule has 0 radical (unpaired) electrons. The molecule has 7 heteroatoms. The van der Waals surface area contributed by atoms with Gasteiger partial charge in [0.25, 0.3) is 5.91 Å². The zero-order chi connectivity index (χ0) is 23.6. The lowest BCUT2D eigenvalue weighted by molar-refractivity contribution is 0.0955. The summed E-state index contributed by atoms with van der Waals surface area (Å²) < 4.78 is 12.5. The second-order valence-corrected chi connectivity index (χ2v) is 8.48. The molecule has 0 unspecified atom stereocenters. The predicted octanol–water partition coefficient (Wildman–Crippen LogP) is 5.49. The van der Waals surface area contributed by atoms with Gasteiger partial charge in [0.1, 0.15) is 18.1 Å². The van der Waals surface area contributed by atoms with Crippen molar-refractivity contribution in [2.24, 2.45) is 5.10 Å². The monoisotopic (exact) mass is 557 g/mol. The number of carbonyl (C=O) groups is 1. The Morgan fingerprint density at radius 1 is 1.03 bits per heavy atom. The minimum atomic E-state index is -0.296. The van der Waals surface area contributed by atoms with E-state index in [0.717, 1.165) is 29.9 Å². The van der Waals surface area contributed by atoms with Crippen LogP contribution in [0.1, 0.15) is 35.3 Å². The Hall–Kier alpha value is -3.07. The highest BCUT2D eigenvalue weighted by Gasteiger charge is 2.09. The maximum Gasteiger partial charge on any atom is 0.271 e. The van der Waals surface area contributed by atoms with E-state index in [-0.39, 0.29) is 5.91 Å². The summed E-state index contributed by atoms with van der Waals surface area (Å²) in [5.41, 5.74) is 6.02. The number of rotatable bonds is 10. The molecule has 0 spiro atoms. The lowest BCUT2D eigenvalue weighted by Crippen LogP contribution is -2.21. The molecule has 0 aromatic heterocycles. The molecule has 0 aliphatic heterocycles. The van der Waals surface area contributed by atoms with Gasteiger partial charge < -0.3 is 14.4 Å². The first kappa shape index (κ1) is 24.6. The van der Waals surface area contributed by atoms with E-state index in [0.29, 0.717) is 23.7 Å². The van der Waals surface area contributed by atoms with Crippen LogP contribution in [0, 0.1) is 3.57 Å². The largest absolute Gasteiger partial charge is 0.497 e. The van der Waals surface area contributed by atoms with Crippen LogP contribution in [0.3, 0.4) is 0 Å². The first-order valence-electron chi connectivity index (χ1n) is 10.8. The average Bonchev–Trinajstić information content (AvgIpc) is 2.85. The predicted molar refractivity (Wildman–Crippen MR) is 142 cm³/mol. The van der Waals surface area contributed by atoms with Crippen LogP contribution in [-0.4, -0.2) is 32.3 Å². The van der Waals surface area contributed by atoms with Gasteiger partial charge in [-0.25, -0.2) is 5.43 Å². The topological polar surface area (TPSA) is 63.2 Å². The number of hydrazone groups is 1. The molecule has 0 aliphatic carbocycles. The normalized spacial score (nSPS) is 10.8. The second kappa shape index (κ2) is 12.2. The van der Waals surface area contributed by atoms with E-state index in [4.69, 9.17) is 9.47 Å². The fourth-order valence-electron chi connectivity index (χ4n) is 3.25. The smallest absolute Gasteiger partial charge is 0.271 e. The average molecular weight is 557 g/mol. The highest BCUT2D eigenvalue weighted by molar-refractivity contribution is 14.1. The molecule has 0 aliphatic rings. The molecule has 0 atom stereocenters. The van der Waals surface area contributed by atoms with Gasteiger partial charge in [-0.3, -0.25) is 4.79 Å². The van der Waals surface area contributed by atoms with Crippen molar-refractivity contribution in [2.45, 2.75) is 20.5 Å². The summed E-state index contributed by atoms with van der Waals surface area (Å²) >= 11 is 2.29. The van der Waals surface area contributed by atoms with Crippen LogP contribution < -0.4 is 19.8 Å². The van der Waals surface area contributed by atoms with Gasteiger partial charge >= 0.3 is 0 Å². The molecule has 172 valence electrons. The number of hydrogen-bond acceptors (Lipinski definition) is 5. The summed E-state index contributed by atoms with van der Waals surface area (Å²) in [6.45, 7) is 6.49. The van der Waals surface area contributed by atoms with E-state index in [2.05, 4.69) is 76.1 Å². The van der Waals surface area contributed by atoms with Gasteiger partial charge in [-0.2, -0.15) is 5.10 Å². The summed E-state index contributed by atoms with van der Waals surface area (Å²) in [5.74, 6) is 1.11. The maximum absolute atomic E-state index is 12.4. The summed E-state index contributed by atoms with van der Waals surface area (Å²) in [7, 11) is 1.59. The first-order chi connectivity index (χ1) is 16.0. The number of methoxy groups -OCH3 is 1. The van der Waals surface area contributed by atoms with Gasteiger partial charge in [0.2, 0.25) is 0 Å². The van der Waals surface area contributed by atoms with Crippen molar-refractivity contribution in [2.75, 3.05) is 25.1 Å². The van der Waals surface area contributed by atoms with Crippen LogP contribution >= 0.6 is 22.6 Å². The molecule has 0 fully saturated rings. The Labute approximate surface area is 208 Å². The van der Waals surface area contributed by atoms with Crippen molar-refractivity contribution in [3.05, 3.63) is 87.0 Å². The van der Waals surface area contributed by atoms with Crippen LogP contribution in [-0.2, 0) is 6.61 Å². The summed E-state index contributed by atoms with van der Waals surface area (Å²) in [5, 5.41) is 4.15. The van der Waals surface area contributed by atoms with E-state index < -0.39 is 0 Å². The molecule has 3 aromatic rings. The number of carbonyl (C=O) groups excluding carboxylic acids is 1. The van der Waals surface area contributed by atoms with E-state index in [1.807, 2.05) is 18.2 Å². The summed E-state index contributed by atoms with van der Waals surface area (Å²) in [6.07, 6.45) is 1.61. The van der Waals surface area contributed by atoms with Crippen LogP contribution in [0.15, 0.2) is 71.8 Å². The number of halogens is 1. The highest BCUT2D eigenvalue weighted by Crippen LogP contribution is 2.26. The molecule has 0 heterocycles. The molecule has 33 heavy (non-hydrogen) atoms. The van der Waals surface area contributed by atoms with Gasteiger partial charge in [-0.05, 0) is 90.5 Å². The zero-order valence-corrected chi connectivity index (χ0v) is 21.2. The minimum absolute atomic E-state index is 0.296. The number of benzene rings is 3. The van der Waals surface area contributed by atoms with Gasteiger partial charge in [0.15, 0.2) is 0 Å². The molecule has 3 aromatic carbocycles. The number of ether oxygens (including phenoxy) is 2. The molecule has 1 amide bonds. The van der Waals surface area contributed by atoms with Crippen molar-refractivity contribution in [3.8, 4) is 11.5 Å². The third-order valence-electron chi connectivity index (χ3n) is 5.16. The van der Waals surface area contributed by atoms with Crippen LogP contribution in [0.25, 0.3) is 0 Å². The standard InChI is InChI=1S/C26H28IN3O3/c1-4-30(5-2)23-13-8-21(25(16-23)33-18-19-6-11-22(27)12-7-19)17-28-29-26(31)20-9-14-24(32-3)15-10-20/h6-17H,4-5,18H2,1-3H3,(H,29,31)/b28-17-. The van der Waals surface area contributed by atoms with Gasteiger partial charge in [-0.1, -0.05) is 12.1 Å². The summed E-state index contributed by atoms with van der Waals surface area (Å²) in [6, 6.07) is 21.1. The molecule has 6 nitrogen and oxygen atoms in total. The Morgan fingerprint density at radius 3 is 2.36 bits per heavy atom. The van der Waals surface area contributed by atoms with E-state index >= 15 is 0 Å². The van der Waals surface area contributed by atoms with Crippen molar-refractivity contribution in [1.29, 1.82) is 0 Å². The van der Waals surface area contributed by atoms with Crippen LogP contribution in [0.2, 0.25) is 0 Å². The lowest BCUT2D eigenvalue weighted by atomic mass is 10.1.